The summed E-state index contributed by atoms with van der Waals surface area (Å²) in [6.07, 6.45) is 24.9. The molecule has 0 spiro atoms. The van der Waals surface area contributed by atoms with Crippen molar-refractivity contribution >= 4 is 20.8 Å². The molecule has 0 heterocycles. The third-order valence-corrected chi connectivity index (χ3v) is 8.20. The summed E-state index contributed by atoms with van der Waals surface area (Å²) in [5, 5.41) is 0. The van der Waals surface area contributed by atoms with E-state index in [1.165, 1.54) is 89.9 Å². The Kier molecular flexibility index (Phi) is 21.5. The topological polar surface area (TPSA) is 116 Å². The maximum atomic E-state index is 11.7. The van der Waals surface area contributed by atoms with Gasteiger partial charge in [-0.25, -0.2) is 4.89 Å². The van der Waals surface area contributed by atoms with Crippen molar-refractivity contribution in [3.05, 3.63) is 0 Å². The molecule has 0 bridgehead atoms. The molecule has 0 aromatic heterocycles. The minimum Gasteiger partial charge on any atom is -0.263 e. The molecule has 218 valence electrons. The van der Waals surface area contributed by atoms with Crippen LogP contribution in [0, 0.1) is 0 Å². The summed E-state index contributed by atoms with van der Waals surface area (Å²) in [5.41, 5.74) is -0.893. The van der Waals surface area contributed by atoms with Crippen molar-refractivity contribution in [2.24, 2.45) is 0 Å². The minimum absolute atomic E-state index is 0.586. The lowest BCUT2D eigenvalue weighted by Gasteiger charge is -2.27. The van der Waals surface area contributed by atoms with Crippen molar-refractivity contribution < 1.29 is 34.2 Å². The highest BCUT2D eigenvalue weighted by Gasteiger charge is 2.31. The van der Waals surface area contributed by atoms with E-state index in [-0.39, 0.29) is 0 Å². The lowest BCUT2D eigenvalue weighted by atomic mass is 9.91. The predicted octanol–water partition coefficient (Wildman–Crippen LogP) is 8.38. The van der Waals surface area contributed by atoms with Gasteiger partial charge in [0.15, 0.2) is 0 Å². The monoisotopic (exact) mass is 558 g/mol. The highest BCUT2D eigenvalue weighted by atomic mass is 32.3. The number of hydrogen-bond acceptors (Lipinski definition) is 7. The van der Waals surface area contributed by atoms with Crippen LogP contribution in [0.2, 0.25) is 0 Å². The zero-order chi connectivity index (χ0) is 27.2. The number of hydrogen-bond donors (Lipinski definition) is 1. The Balaban J connectivity index is 4.39. The van der Waals surface area contributed by atoms with Gasteiger partial charge in [0, 0.05) is 0 Å². The Morgan fingerprint density at radius 1 is 0.556 bits per heavy atom. The van der Waals surface area contributed by atoms with E-state index in [1.54, 1.807) is 6.92 Å². The second-order valence-electron chi connectivity index (χ2n) is 10.4. The van der Waals surface area contributed by atoms with Gasteiger partial charge in [-0.3, -0.25) is 4.55 Å². The minimum atomic E-state index is -5.22. The summed E-state index contributed by atoms with van der Waals surface area (Å²) in [6, 6.07) is 0. The van der Waals surface area contributed by atoms with Crippen LogP contribution in [-0.4, -0.2) is 27.0 Å². The van der Waals surface area contributed by atoms with E-state index in [0.29, 0.717) is 12.8 Å². The van der Waals surface area contributed by atoms with Gasteiger partial charge >= 0.3 is 20.8 Å². The zero-order valence-corrected chi connectivity index (χ0v) is 24.8. The highest BCUT2D eigenvalue weighted by Crippen LogP contribution is 2.28. The van der Waals surface area contributed by atoms with Gasteiger partial charge in [0.25, 0.3) is 0 Å². The van der Waals surface area contributed by atoms with Gasteiger partial charge < -0.3 is 0 Å². The molecule has 0 aliphatic heterocycles. The van der Waals surface area contributed by atoms with Crippen LogP contribution in [0.25, 0.3) is 0 Å². The SMILES string of the molecule is CCCCCCCCCCCCC(C)(CCCCCCCCCCCC)OOS(=O)(=O)OS(=O)(=O)O. The summed E-state index contributed by atoms with van der Waals surface area (Å²) in [4.78, 5) is 5.22. The van der Waals surface area contributed by atoms with Crippen LogP contribution in [0.15, 0.2) is 0 Å². The third kappa shape index (κ3) is 24.1. The second kappa shape index (κ2) is 21.6. The van der Waals surface area contributed by atoms with E-state index >= 15 is 0 Å². The van der Waals surface area contributed by atoms with E-state index < -0.39 is 26.4 Å². The average molecular weight is 559 g/mol. The molecule has 0 aliphatic carbocycles. The first kappa shape index (κ1) is 35.7. The summed E-state index contributed by atoms with van der Waals surface area (Å²) >= 11 is 0. The molecule has 36 heavy (non-hydrogen) atoms. The lowest BCUT2D eigenvalue weighted by molar-refractivity contribution is -0.291. The van der Waals surface area contributed by atoms with Crippen LogP contribution in [0.1, 0.15) is 162 Å². The fourth-order valence-corrected chi connectivity index (χ4v) is 5.60. The molecule has 8 nitrogen and oxygen atoms in total. The molecule has 0 saturated heterocycles. The van der Waals surface area contributed by atoms with Crippen molar-refractivity contribution in [1.82, 2.24) is 0 Å². The second-order valence-corrected chi connectivity index (χ2v) is 12.7. The van der Waals surface area contributed by atoms with Crippen LogP contribution in [-0.2, 0) is 33.6 Å². The zero-order valence-electron chi connectivity index (χ0n) is 23.2. The predicted molar refractivity (Wildman–Crippen MR) is 145 cm³/mol. The number of unbranched alkanes of at least 4 members (excludes halogenated alkanes) is 18. The largest absolute Gasteiger partial charge is 0.443 e. The van der Waals surface area contributed by atoms with Gasteiger partial charge in [-0.05, 0) is 19.8 Å². The molecule has 0 aliphatic rings. The van der Waals surface area contributed by atoms with E-state index in [2.05, 4.69) is 21.8 Å². The maximum absolute atomic E-state index is 11.7. The van der Waals surface area contributed by atoms with Gasteiger partial charge in [0.1, 0.15) is 5.60 Å². The van der Waals surface area contributed by atoms with Crippen LogP contribution < -0.4 is 0 Å². The normalized spacial score (nSPS) is 12.9. The van der Waals surface area contributed by atoms with Gasteiger partial charge in [0.2, 0.25) is 0 Å². The number of rotatable bonds is 27. The average Bonchev–Trinajstić information content (AvgIpc) is 2.79. The van der Waals surface area contributed by atoms with Crippen molar-refractivity contribution in [1.29, 1.82) is 0 Å². The Morgan fingerprint density at radius 3 is 1.17 bits per heavy atom. The van der Waals surface area contributed by atoms with Crippen molar-refractivity contribution in [3.8, 4) is 0 Å². The van der Waals surface area contributed by atoms with Crippen molar-refractivity contribution in [2.45, 2.75) is 168 Å². The summed E-state index contributed by atoms with van der Waals surface area (Å²) in [7, 11) is -10.3. The fourth-order valence-electron chi connectivity index (χ4n) is 4.42. The molecule has 0 aromatic carbocycles. The molecule has 0 aromatic rings. The first-order chi connectivity index (χ1) is 17.0. The maximum Gasteiger partial charge on any atom is 0.443 e. The van der Waals surface area contributed by atoms with E-state index in [1.807, 2.05) is 0 Å². The summed E-state index contributed by atoms with van der Waals surface area (Å²) < 4.78 is 61.4. The van der Waals surface area contributed by atoms with Gasteiger partial charge in [-0.2, -0.15) is 16.8 Å². The van der Waals surface area contributed by atoms with Crippen molar-refractivity contribution in [2.75, 3.05) is 0 Å². The Bertz CT molecular complexity index is 683. The lowest BCUT2D eigenvalue weighted by Crippen LogP contribution is -2.31. The highest BCUT2D eigenvalue weighted by molar-refractivity contribution is 7.94. The van der Waals surface area contributed by atoms with Crippen LogP contribution in [0.4, 0.5) is 0 Å². The van der Waals surface area contributed by atoms with Crippen molar-refractivity contribution in [3.63, 3.8) is 0 Å². The standard InChI is InChI=1S/C26H54O8S2/c1-4-6-8-10-12-14-16-18-20-22-24-26(3,32-33-36(30,31)34-35(27,28)29)25-23-21-19-17-15-13-11-9-7-5-2/h4-25H2,1-3H3,(H,27,28,29). The molecule has 0 radical (unpaired) electrons. The molecular weight excluding hydrogens is 504 g/mol. The summed E-state index contributed by atoms with van der Waals surface area (Å²) in [6.45, 7) is 6.21. The van der Waals surface area contributed by atoms with E-state index in [4.69, 9.17) is 9.44 Å². The molecule has 10 heteroatoms. The Hall–Kier alpha value is -0.260. The molecule has 0 rings (SSSR count). The van der Waals surface area contributed by atoms with E-state index in [9.17, 15) is 16.8 Å². The molecule has 0 unspecified atom stereocenters. The van der Waals surface area contributed by atoms with Gasteiger partial charge in [-0.1, -0.05) is 150 Å². The smallest absolute Gasteiger partial charge is 0.263 e. The van der Waals surface area contributed by atoms with Crippen LogP contribution in [0.3, 0.4) is 0 Å². The molecule has 0 fully saturated rings. The van der Waals surface area contributed by atoms with Crippen LogP contribution >= 0.6 is 0 Å². The first-order valence-electron chi connectivity index (χ1n) is 14.3. The molecule has 0 amide bonds. The Morgan fingerprint density at radius 2 is 0.861 bits per heavy atom. The molecule has 0 saturated carbocycles. The fraction of sp³-hybridized carbons (Fsp3) is 1.00. The Labute approximate surface area is 222 Å². The third-order valence-electron chi connectivity index (χ3n) is 6.61. The molecule has 1 N–H and O–H groups in total. The molecular formula is C26H54O8S2. The molecule has 0 atom stereocenters. The van der Waals surface area contributed by atoms with Gasteiger partial charge in [-0.15, -0.1) is 0 Å². The summed E-state index contributed by atoms with van der Waals surface area (Å²) in [5.74, 6) is 0. The van der Waals surface area contributed by atoms with Crippen LogP contribution in [0.5, 0.6) is 0 Å². The van der Waals surface area contributed by atoms with Gasteiger partial charge in [0.05, 0.1) is 0 Å². The first-order valence-corrected chi connectivity index (χ1v) is 17.0. The van der Waals surface area contributed by atoms with E-state index in [0.717, 1.165) is 38.5 Å². The quantitative estimate of drug-likeness (QED) is 0.0462.